The Labute approximate surface area is 104 Å². The van der Waals surface area contributed by atoms with Crippen LogP contribution in [0.2, 0.25) is 0 Å². The van der Waals surface area contributed by atoms with Crippen molar-refractivity contribution in [3.63, 3.8) is 0 Å². The van der Waals surface area contributed by atoms with Gasteiger partial charge >= 0.3 is 0 Å². The predicted octanol–water partition coefficient (Wildman–Crippen LogP) is 3.44. The quantitative estimate of drug-likeness (QED) is 0.508. The second-order valence-electron chi connectivity index (χ2n) is 4.13. The molecule has 0 saturated carbocycles. The SMILES string of the molecule is NNC(C1=CCCCCC1)c1ccoc1Br. The maximum absolute atomic E-state index is 5.66. The molecule has 88 valence electrons. The van der Waals surface area contributed by atoms with Gasteiger partial charge in [0.05, 0.1) is 12.3 Å². The van der Waals surface area contributed by atoms with E-state index in [4.69, 9.17) is 10.3 Å². The van der Waals surface area contributed by atoms with Crippen LogP contribution in [0.1, 0.15) is 43.7 Å². The van der Waals surface area contributed by atoms with E-state index in [-0.39, 0.29) is 6.04 Å². The summed E-state index contributed by atoms with van der Waals surface area (Å²) in [5.41, 5.74) is 5.34. The lowest BCUT2D eigenvalue weighted by atomic mass is 9.98. The van der Waals surface area contributed by atoms with Gasteiger partial charge in [-0.05, 0) is 47.7 Å². The zero-order valence-electron chi connectivity index (χ0n) is 9.21. The summed E-state index contributed by atoms with van der Waals surface area (Å²) in [5, 5.41) is 0. The first-order valence-electron chi connectivity index (χ1n) is 5.71. The van der Waals surface area contributed by atoms with E-state index in [9.17, 15) is 0 Å². The summed E-state index contributed by atoms with van der Waals surface area (Å²) in [6.45, 7) is 0. The van der Waals surface area contributed by atoms with Crippen LogP contribution >= 0.6 is 15.9 Å². The van der Waals surface area contributed by atoms with E-state index >= 15 is 0 Å². The fourth-order valence-corrected chi connectivity index (χ4v) is 2.68. The van der Waals surface area contributed by atoms with E-state index in [1.165, 1.54) is 24.8 Å². The lowest BCUT2D eigenvalue weighted by Crippen LogP contribution is -2.29. The second kappa shape index (κ2) is 5.66. The van der Waals surface area contributed by atoms with Gasteiger partial charge in [-0.25, -0.2) is 5.43 Å². The van der Waals surface area contributed by atoms with Gasteiger partial charge in [-0.15, -0.1) is 0 Å². The lowest BCUT2D eigenvalue weighted by Gasteiger charge is -2.18. The fourth-order valence-electron chi connectivity index (χ4n) is 2.21. The highest BCUT2D eigenvalue weighted by atomic mass is 79.9. The zero-order chi connectivity index (χ0) is 11.4. The average molecular weight is 285 g/mol. The monoisotopic (exact) mass is 284 g/mol. The Balaban J connectivity index is 2.21. The van der Waals surface area contributed by atoms with E-state index < -0.39 is 0 Å². The minimum absolute atomic E-state index is 0.0752. The van der Waals surface area contributed by atoms with Crippen LogP contribution in [-0.4, -0.2) is 0 Å². The van der Waals surface area contributed by atoms with Crippen LogP contribution < -0.4 is 11.3 Å². The van der Waals surface area contributed by atoms with Crippen LogP contribution in [0.4, 0.5) is 0 Å². The first kappa shape index (κ1) is 11.9. The molecule has 16 heavy (non-hydrogen) atoms. The van der Waals surface area contributed by atoms with Crippen molar-refractivity contribution in [2.45, 2.75) is 38.1 Å². The lowest BCUT2D eigenvalue weighted by molar-refractivity contribution is 0.521. The van der Waals surface area contributed by atoms with Gasteiger partial charge in [0.15, 0.2) is 4.67 Å². The third-order valence-corrected chi connectivity index (χ3v) is 3.72. The van der Waals surface area contributed by atoms with Crippen molar-refractivity contribution in [3.8, 4) is 0 Å². The summed E-state index contributed by atoms with van der Waals surface area (Å²) in [5.74, 6) is 5.66. The van der Waals surface area contributed by atoms with E-state index in [1.807, 2.05) is 6.07 Å². The molecule has 4 heteroatoms. The molecule has 1 aromatic rings. The Morgan fingerprint density at radius 2 is 2.25 bits per heavy atom. The molecule has 0 radical (unpaired) electrons. The number of hydrazine groups is 1. The van der Waals surface area contributed by atoms with Crippen molar-refractivity contribution in [1.82, 2.24) is 5.43 Å². The van der Waals surface area contributed by atoms with Gasteiger partial charge in [-0.1, -0.05) is 18.1 Å². The number of hydrogen-bond acceptors (Lipinski definition) is 3. The van der Waals surface area contributed by atoms with Gasteiger partial charge in [0, 0.05) is 5.56 Å². The minimum atomic E-state index is 0.0752. The van der Waals surface area contributed by atoms with Crippen molar-refractivity contribution < 1.29 is 4.42 Å². The fraction of sp³-hybridized carbons (Fsp3) is 0.500. The molecule has 0 amide bonds. The van der Waals surface area contributed by atoms with Crippen molar-refractivity contribution in [1.29, 1.82) is 0 Å². The standard InChI is InChI=1S/C12H17BrN2O/c13-12-10(7-8-16-12)11(15-14)9-5-3-1-2-4-6-9/h5,7-8,11,15H,1-4,6,14H2. The van der Waals surface area contributed by atoms with Crippen LogP contribution in [0.5, 0.6) is 0 Å². The normalized spacial score (nSPS) is 19.0. The number of nitrogens with two attached hydrogens (primary N) is 1. The molecule has 0 spiro atoms. The number of allylic oxidation sites excluding steroid dienone is 1. The molecule has 1 unspecified atom stereocenters. The molecule has 0 bridgehead atoms. The van der Waals surface area contributed by atoms with E-state index in [2.05, 4.69) is 27.4 Å². The van der Waals surface area contributed by atoms with Crippen molar-refractivity contribution in [2.75, 3.05) is 0 Å². The maximum atomic E-state index is 5.66. The van der Waals surface area contributed by atoms with Crippen LogP contribution in [0, 0.1) is 0 Å². The third-order valence-electron chi connectivity index (χ3n) is 3.07. The largest absolute Gasteiger partial charge is 0.457 e. The predicted molar refractivity (Wildman–Crippen MR) is 67.6 cm³/mol. The summed E-state index contributed by atoms with van der Waals surface area (Å²) >= 11 is 3.40. The molecule has 1 atom stereocenters. The van der Waals surface area contributed by atoms with E-state index in [0.717, 1.165) is 23.1 Å². The maximum Gasteiger partial charge on any atom is 0.174 e. The van der Waals surface area contributed by atoms with Gasteiger partial charge in [0.1, 0.15) is 0 Å². The molecule has 2 rings (SSSR count). The summed E-state index contributed by atoms with van der Waals surface area (Å²) in [7, 11) is 0. The van der Waals surface area contributed by atoms with Crippen LogP contribution in [0.3, 0.4) is 0 Å². The number of rotatable bonds is 3. The highest BCUT2D eigenvalue weighted by Crippen LogP contribution is 2.33. The molecular weight excluding hydrogens is 268 g/mol. The summed E-state index contributed by atoms with van der Waals surface area (Å²) < 4.78 is 6.03. The van der Waals surface area contributed by atoms with Crippen molar-refractivity contribution in [2.24, 2.45) is 5.84 Å². The molecular formula is C12H17BrN2O. The molecule has 0 aromatic carbocycles. The number of hydrogen-bond donors (Lipinski definition) is 2. The first-order valence-corrected chi connectivity index (χ1v) is 6.50. The van der Waals surface area contributed by atoms with Crippen LogP contribution in [-0.2, 0) is 0 Å². The van der Waals surface area contributed by atoms with E-state index in [1.54, 1.807) is 6.26 Å². The van der Waals surface area contributed by atoms with Gasteiger partial charge in [-0.2, -0.15) is 0 Å². The molecule has 3 N–H and O–H groups in total. The number of furan rings is 1. The van der Waals surface area contributed by atoms with Gasteiger partial charge in [0.25, 0.3) is 0 Å². The third kappa shape index (κ3) is 2.56. The van der Waals surface area contributed by atoms with E-state index in [0.29, 0.717) is 0 Å². The van der Waals surface area contributed by atoms with Gasteiger partial charge < -0.3 is 4.42 Å². The Kier molecular flexibility index (Phi) is 4.21. The van der Waals surface area contributed by atoms with Crippen molar-refractivity contribution in [3.05, 3.63) is 34.2 Å². The number of nitrogens with one attached hydrogen (secondary N) is 1. The Morgan fingerprint density at radius 1 is 1.38 bits per heavy atom. The summed E-state index contributed by atoms with van der Waals surface area (Å²) in [6.07, 6.45) is 10.1. The molecule has 1 aliphatic rings. The molecule has 3 nitrogen and oxygen atoms in total. The van der Waals surface area contributed by atoms with Crippen molar-refractivity contribution >= 4 is 15.9 Å². The molecule has 0 aliphatic heterocycles. The molecule has 1 aromatic heterocycles. The van der Waals surface area contributed by atoms with Gasteiger partial charge in [0.2, 0.25) is 0 Å². The minimum Gasteiger partial charge on any atom is -0.457 e. The van der Waals surface area contributed by atoms with Crippen LogP contribution in [0.25, 0.3) is 0 Å². The zero-order valence-corrected chi connectivity index (χ0v) is 10.8. The van der Waals surface area contributed by atoms with Gasteiger partial charge in [-0.3, -0.25) is 5.84 Å². The number of halogens is 1. The molecule has 1 heterocycles. The summed E-state index contributed by atoms with van der Waals surface area (Å²) in [6, 6.07) is 2.03. The highest BCUT2D eigenvalue weighted by Gasteiger charge is 2.20. The molecule has 0 saturated heterocycles. The highest BCUT2D eigenvalue weighted by molar-refractivity contribution is 9.10. The topological polar surface area (TPSA) is 51.2 Å². The molecule has 1 aliphatic carbocycles. The Bertz CT molecular complexity index is 373. The molecule has 0 fully saturated rings. The smallest absolute Gasteiger partial charge is 0.174 e. The Morgan fingerprint density at radius 3 is 2.94 bits per heavy atom. The van der Waals surface area contributed by atoms with Crippen LogP contribution in [0.15, 0.2) is 33.1 Å². The second-order valence-corrected chi connectivity index (χ2v) is 4.85. The average Bonchev–Trinajstić information content (AvgIpc) is 2.57. The Hall–Kier alpha value is -0.580. The first-order chi connectivity index (χ1) is 7.83. The summed E-state index contributed by atoms with van der Waals surface area (Å²) in [4.78, 5) is 0.